The number of amides is 10. The number of likely N-dealkylation sites (N-methyl/N-ethyl adjacent to an activating group) is 7. The highest BCUT2D eigenvalue weighted by atomic mass is 16.3. The molecule has 0 unspecified atom stereocenters. The molecule has 12 atom stereocenters. The highest BCUT2D eigenvalue weighted by molar-refractivity contribution is 5.99. The average Bonchev–Trinajstić information content (AvgIpc) is 3.63. The molecule has 4 N–H and O–H groups in total. The summed E-state index contributed by atoms with van der Waals surface area (Å²) in [5.74, 6) is -10.1. The molecular weight excluding hydrogens is 1100 g/mol. The van der Waals surface area contributed by atoms with E-state index in [0.717, 1.165) is 9.80 Å². The first-order valence-electron chi connectivity index (χ1n) is 30.9. The van der Waals surface area contributed by atoms with Crippen molar-refractivity contribution >= 4 is 64.9 Å². The number of rotatable bonds is 16. The number of hydrogen-bond donors (Lipinski definition) is 4. The molecule has 0 radical (unpaired) electrons. The molecule has 0 saturated carbocycles. The first-order chi connectivity index (χ1) is 39.7. The van der Waals surface area contributed by atoms with E-state index in [4.69, 9.17) is 0 Å². The molecule has 0 aromatic heterocycles. The van der Waals surface area contributed by atoms with Gasteiger partial charge in [-0.2, -0.15) is 0 Å². The summed E-state index contributed by atoms with van der Waals surface area (Å²) in [6.45, 7) is 31.5. The molecule has 22 heteroatoms. The second-order valence-corrected chi connectivity index (χ2v) is 26.5. The topological polar surface area (TPSA) is 267 Å². The van der Waals surface area contributed by atoms with E-state index in [9.17, 15) is 48.3 Å². The summed E-state index contributed by atoms with van der Waals surface area (Å²) in [4.78, 5) is 169. The Morgan fingerprint density at radius 2 is 0.942 bits per heavy atom. The Morgan fingerprint density at radius 3 is 1.41 bits per heavy atom. The number of allylic oxidation sites excluding steroid dienone is 3. The van der Waals surface area contributed by atoms with Crippen LogP contribution in [0.3, 0.4) is 0 Å². The molecule has 0 aromatic rings. The van der Waals surface area contributed by atoms with Crippen molar-refractivity contribution in [2.24, 2.45) is 47.3 Å². The molecule has 1 aliphatic rings. The summed E-state index contributed by atoms with van der Waals surface area (Å²) in [5, 5.41) is 20.3. The van der Waals surface area contributed by atoms with Gasteiger partial charge in [0, 0.05) is 61.7 Å². The van der Waals surface area contributed by atoms with Gasteiger partial charge in [0.15, 0.2) is 5.78 Å². The number of aliphatic hydroxyl groups is 1. The Balaban J connectivity index is 4.34. The summed E-state index contributed by atoms with van der Waals surface area (Å²) in [6, 6.07) is -11.0. The largest absolute Gasteiger partial charge is 0.390 e. The van der Waals surface area contributed by atoms with Crippen molar-refractivity contribution in [3.05, 3.63) is 24.8 Å². The van der Waals surface area contributed by atoms with E-state index < -0.39 is 156 Å². The number of ketones is 1. The third-order valence-corrected chi connectivity index (χ3v) is 16.5. The van der Waals surface area contributed by atoms with Crippen molar-refractivity contribution in [1.29, 1.82) is 0 Å². The molecule has 0 bridgehead atoms. The van der Waals surface area contributed by atoms with Crippen LogP contribution in [0, 0.1) is 47.3 Å². The summed E-state index contributed by atoms with van der Waals surface area (Å²) >= 11 is 0. The van der Waals surface area contributed by atoms with Gasteiger partial charge >= 0.3 is 0 Å². The first kappa shape index (κ1) is 77.8. The second kappa shape index (κ2) is 35.6. The summed E-state index contributed by atoms with van der Waals surface area (Å²) < 4.78 is 0. The molecule has 490 valence electrons. The van der Waals surface area contributed by atoms with Gasteiger partial charge in [-0.05, 0) is 93.8 Å². The van der Waals surface area contributed by atoms with Gasteiger partial charge in [0.25, 0.3) is 0 Å². The number of nitrogens with zero attached hydrogens (tertiary/aromatic N) is 7. The van der Waals surface area contributed by atoms with E-state index in [0.29, 0.717) is 0 Å². The lowest BCUT2D eigenvalue weighted by Crippen LogP contribution is -2.63. The molecule has 1 heterocycles. The minimum atomic E-state index is -1.63. The van der Waals surface area contributed by atoms with Crippen LogP contribution in [0.4, 0.5) is 0 Å². The van der Waals surface area contributed by atoms with E-state index in [-0.39, 0.29) is 68.6 Å². The van der Waals surface area contributed by atoms with Crippen molar-refractivity contribution in [3.63, 3.8) is 0 Å². The number of Topliss-reactive ketones (excluding diaryl/α,β-unsaturated/α-hetero) is 1. The minimum absolute atomic E-state index is 0.0225. The van der Waals surface area contributed by atoms with Crippen LogP contribution in [0.5, 0.6) is 0 Å². The molecule has 0 aliphatic carbocycles. The van der Waals surface area contributed by atoms with Crippen LogP contribution in [0.25, 0.3) is 0 Å². The van der Waals surface area contributed by atoms with Crippen LogP contribution in [-0.4, -0.2) is 221 Å². The number of carbonyl (C=O) groups excluding carboxylic acids is 11. The quantitative estimate of drug-likeness (QED) is 0.156. The Hall–Kier alpha value is -6.19. The average molecular weight is 1210 g/mol. The fraction of sp³-hybridized carbons (Fsp3) is 0.766. The Kier molecular flexibility index (Phi) is 32.2. The summed E-state index contributed by atoms with van der Waals surface area (Å²) in [5.41, 5.74) is 0. The fourth-order valence-electron chi connectivity index (χ4n) is 11.0. The lowest BCUT2D eigenvalue weighted by molar-refractivity contribution is -0.157. The van der Waals surface area contributed by atoms with E-state index >= 15 is 9.59 Å². The van der Waals surface area contributed by atoms with Crippen LogP contribution in [0.15, 0.2) is 24.8 Å². The van der Waals surface area contributed by atoms with E-state index in [1.165, 1.54) is 87.7 Å². The van der Waals surface area contributed by atoms with Gasteiger partial charge in [0.2, 0.25) is 59.1 Å². The van der Waals surface area contributed by atoms with Crippen molar-refractivity contribution < 1.29 is 57.8 Å². The van der Waals surface area contributed by atoms with E-state index in [1.807, 2.05) is 55.4 Å². The molecule has 1 fully saturated rings. The monoisotopic (exact) mass is 1210 g/mol. The molecule has 10 amide bonds. The van der Waals surface area contributed by atoms with Gasteiger partial charge in [-0.1, -0.05) is 122 Å². The zero-order chi connectivity index (χ0) is 66.7. The second-order valence-electron chi connectivity index (χ2n) is 26.5. The molecule has 0 aromatic carbocycles. The molecule has 86 heavy (non-hydrogen) atoms. The molecule has 1 rings (SSSR count). The molecule has 22 nitrogen and oxygen atoms in total. The third-order valence-electron chi connectivity index (χ3n) is 16.5. The standard InChI is InChI=1S/C64H112N10O12/c1-25-27-28-29-42(15)55(77)54-58(80)67-46(26-2)61(83)68(18)35-52(76)69(19)47(30-36(3)4)51(75)34-45(40(11)12)60(82)70(20)48(31-37(5)6)57(79)65-43(16)56(78)66-44(17)59(81)71(21)49(32-38(7)8)62(84)72(22)50(33-39(9)10)63(85)73(23)53(41(13)14)64(86)74(54)24/h25,27-28,36-50,53-55,77H,1,26,29-35H2,2-24H3,(H,65,79)(H,66,78)(H,67,80)/b28-27-/t42-,43+,44-,45+,46+,47+,48+,49+,50+,53+,54+,55-/m1/s1. The van der Waals surface area contributed by atoms with Crippen LogP contribution < -0.4 is 16.0 Å². The number of nitrogens with one attached hydrogen (secondary N) is 3. The maximum atomic E-state index is 15.2. The number of aliphatic hydroxyl groups excluding tert-OH is 1. The lowest BCUT2D eigenvalue weighted by Gasteiger charge is -2.41. The maximum absolute atomic E-state index is 15.2. The number of carbonyl (C=O) groups is 11. The number of hydrogen-bond acceptors (Lipinski definition) is 12. The van der Waals surface area contributed by atoms with Gasteiger partial charge in [-0.3, -0.25) is 52.7 Å². The van der Waals surface area contributed by atoms with Gasteiger partial charge in [-0.25, -0.2) is 0 Å². The third kappa shape index (κ3) is 21.9. The van der Waals surface area contributed by atoms with Crippen molar-refractivity contribution in [2.75, 3.05) is 55.9 Å². The highest BCUT2D eigenvalue weighted by Crippen LogP contribution is 2.27. The Bertz CT molecular complexity index is 2370. The van der Waals surface area contributed by atoms with Crippen LogP contribution in [0.2, 0.25) is 0 Å². The van der Waals surface area contributed by atoms with Crippen LogP contribution in [-0.2, 0) is 52.7 Å². The van der Waals surface area contributed by atoms with Gasteiger partial charge in [-0.15, -0.1) is 0 Å². The SMILES string of the molecule is C=C/C=C\C[C@@H](C)[C@@H](O)[C@H]1C(=O)N[C@@H](CC)C(=O)N(C)CC(=O)N(C)[C@@H](CC(C)C)C(=O)C[C@@H](C(C)C)C(=O)N(C)[C@@H](CC(C)C)C(=O)N[C@@H](C)C(=O)N[C@H](C)C(=O)N(C)[C@@H](CC(C)C)C(=O)N(C)[C@@H](CC(C)C)C(=O)N(C)[C@@H](C(C)C)C(=O)N1C. The van der Waals surface area contributed by atoms with Gasteiger partial charge in [0.05, 0.1) is 18.7 Å². The van der Waals surface area contributed by atoms with Crippen molar-refractivity contribution in [2.45, 2.75) is 216 Å². The zero-order valence-electron chi connectivity index (χ0n) is 56.6. The highest BCUT2D eigenvalue weighted by Gasteiger charge is 2.45. The normalized spacial score (nSPS) is 26.8. The summed E-state index contributed by atoms with van der Waals surface area (Å²) in [6.07, 6.45) is 4.13. The van der Waals surface area contributed by atoms with Crippen LogP contribution >= 0.6 is 0 Å². The van der Waals surface area contributed by atoms with E-state index in [1.54, 1.807) is 59.8 Å². The van der Waals surface area contributed by atoms with E-state index in [2.05, 4.69) is 22.5 Å². The first-order valence-corrected chi connectivity index (χ1v) is 30.9. The lowest BCUT2D eigenvalue weighted by atomic mass is 9.85. The smallest absolute Gasteiger partial charge is 0.246 e. The minimum Gasteiger partial charge on any atom is -0.390 e. The van der Waals surface area contributed by atoms with Gasteiger partial charge < -0.3 is 55.4 Å². The van der Waals surface area contributed by atoms with Crippen molar-refractivity contribution in [3.8, 4) is 0 Å². The molecule has 1 aliphatic heterocycles. The molecular formula is C64H112N10O12. The van der Waals surface area contributed by atoms with Crippen molar-refractivity contribution in [1.82, 2.24) is 50.2 Å². The van der Waals surface area contributed by atoms with Gasteiger partial charge in [0.1, 0.15) is 48.3 Å². The Morgan fingerprint density at radius 1 is 0.500 bits per heavy atom. The maximum Gasteiger partial charge on any atom is 0.246 e. The zero-order valence-corrected chi connectivity index (χ0v) is 56.6. The summed E-state index contributed by atoms with van der Waals surface area (Å²) in [7, 11) is 10.00. The predicted molar refractivity (Wildman–Crippen MR) is 334 cm³/mol. The fourth-order valence-corrected chi connectivity index (χ4v) is 11.0. The molecule has 1 saturated heterocycles. The Labute approximate surface area is 515 Å². The molecule has 0 spiro atoms. The predicted octanol–water partition coefficient (Wildman–Crippen LogP) is 4.53. The van der Waals surface area contributed by atoms with Crippen LogP contribution in [0.1, 0.15) is 156 Å².